The molecule has 0 spiro atoms. The summed E-state index contributed by atoms with van der Waals surface area (Å²) in [5.74, 6) is -0.0873. The van der Waals surface area contributed by atoms with E-state index in [9.17, 15) is 9.18 Å². The summed E-state index contributed by atoms with van der Waals surface area (Å²) in [4.78, 5) is 25.4. The molecule has 3 N–H and O–H groups in total. The Morgan fingerprint density at radius 2 is 1.94 bits per heavy atom. The Labute approximate surface area is 188 Å². The highest BCUT2D eigenvalue weighted by Crippen LogP contribution is 2.48. The fraction of sp³-hybridized carbons (Fsp3) is 0.167. The van der Waals surface area contributed by atoms with Crippen molar-refractivity contribution in [3.8, 4) is 11.1 Å². The number of amides is 1. The van der Waals surface area contributed by atoms with E-state index in [0.717, 1.165) is 22.1 Å². The van der Waals surface area contributed by atoms with Crippen LogP contribution in [-0.4, -0.2) is 20.9 Å². The lowest BCUT2D eigenvalue weighted by atomic mass is 10.00. The van der Waals surface area contributed by atoms with Crippen molar-refractivity contribution in [2.75, 3.05) is 11.1 Å². The molecule has 8 heteroatoms. The van der Waals surface area contributed by atoms with Crippen LogP contribution in [-0.2, 0) is 5.67 Å². The van der Waals surface area contributed by atoms with Crippen LogP contribution in [0.4, 0.5) is 15.9 Å². The standard InChI is InChI=1S/C24H19ClFN5O/c1-13-2-3-17(31-23(32)14-4-7-28-19(9-14)24(26)5-6-24)10-18(13)15-8-16-12-30-22(27)20(25)21(16)29-11-15/h2-4,7-12H,5-6H2,1H3,(H2,27,30)(H,31,32). The van der Waals surface area contributed by atoms with E-state index in [1.807, 2.05) is 31.2 Å². The van der Waals surface area contributed by atoms with Crippen molar-refractivity contribution in [1.29, 1.82) is 0 Å². The largest absolute Gasteiger partial charge is 0.382 e. The molecule has 1 aliphatic carbocycles. The molecule has 0 atom stereocenters. The van der Waals surface area contributed by atoms with Crippen LogP contribution < -0.4 is 11.1 Å². The topological polar surface area (TPSA) is 93.8 Å². The number of nitrogens with zero attached hydrogens (tertiary/aromatic N) is 3. The van der Waals surface area contributed by atoms with Crippen LogP contribution in [0.5, 0.6) is 0 Å². The SMILES string of the molecule is Cc1ccc(NC(=O)c2ccnc(C3(F)CC3)c2)cc1-c1cnc2c(Cl)c(N)ncc2c1. The average molecular weight is 448 g/mol. The molecule has 1 aromatic carbocycles. The fourth-order valence-electron chi connectivity index (χ4n) is 3.62. The Morgan fingerprint density at radius 1 is 1.12 bits per heavy atom. The van der Waals surface area contributed by atoms with E-state index in [4.69, 9.17) is 17.3 Å². The molecular weight excluding hydrogens is 429 g/mol. The highest BCUT2D eigenvalue weighted by molar-refractivity contribution is 6.37. The van der Waals surface area contributed by atoms with Gasteiger partial charge in [-0.15, -0.1) is 0 Å². The summed E-state index contributed by atoms with van der Waals surface area (Å²) in [6.07, 6.45) is 5.70. The molecule has 1 saturated carbocycles. The Kier molecular flexibility index (Phi) is 4.78. The molecule has 32 heavy (non-hydrogen) atoms. The quantitative estimate of drug-likeness (QED) is 0.434. The van der Waals surface area contributed by atoms with Crippen LogP contribution >= 0.6 is 11.6 Å². The van der Waals surface area contributed by atoms with Crippen molar-refractivity contribution in [3.05, 3.63) is 76.8 Å². The summed E-state index contributed by atoms with van der Waals surface area (Å²) >= 11 is 6.21. The minimum Gasteiger partial charge on any atom is -0.382 e. The highest BCUT2D eigenvalue weighted by atomic mass is 35.5. The Bertz CT molecular complexity index is 1390. The van der Waals surface area contributed by atoms with Gasteiger partial charge < -0.3 is 11.1 Å². The van der Waals surface area contributed by atoms with Crippen LogP contribution in [0.1, 0.15) is 34.5 Å². The van der Waals surface area contributed by atoms with E-state index in [1.54, 1.807) is 18.5 Å². The van der Waals surface area contributed by atoms with Gasteiger partial charge in [0.15, 0.2) is 5.67 Å². The molecular formula is C24H19ClFN5O. The first kappa shape index (κ1) is 20.3. The zero-order valence-electron chi connectivity index (χ0n) is 17.2. The molecule has 5 rings (SSSR count). The number of carbonyl (C=O) groups excluding carboxylic acids is 1. The van der Waals surface area contributed by atoms with Crippen LogP contribution in [0.3, 0.4) is 0 Å². The van der Waals surface area contributed by atoms with Crippen molar-refractivity contribution in [2.45, 2.75) is 25.4 Å². The molecule has 160 valence electrons. The molecule has 1 amide bonds. The number of alkyl halides is 1. The summed E-state index contributed by atoms with van der Waals surface area (Å²) in [5.41, 5.74) is 9.02. The van der Waals surface area contributed by atoms with Gasteiger partial charge in [0.1, 0.15) is 10.8 Å². The minimum atomic E-state index is -1.39. The number of hydrogen-bond donors (Lipinski definition) is 2. The zero-order valence-corrected chi connectivity index (χ0v) is 17.9. The predicted molar refractivity (Wildman–Crippen MR) is 123 cm³/mol. The molecule has 3 heterocycles. The molecule has 0 bridgehead atoms. The van der Waals surface area contributed by atoms with Crippen LogP contribution in [0.15, 0.2) is 55.0 Å². The van der Waals surface area contributed by atoms with Gasteiger partial charge in [0, 0.05) is 40.8 Å². The molecule has 4 aromatic rings. The number of anilines is 2. The van der Waals surface area contributed by atoms with Crippen LogP contribution in [0.2, 0.25) is 5.02 Å². The van der Waals surface area contributed by atoms with E-state index < -0.39 is 5.67 Å². The van der Waals surface area contributed by atoms with Gasteiger partial charge in [0.25, 0.3) is 5.91 Å². The number of nitrogen functional groups attached to an aromatic ring is 1. The number of aromatic nitrogens is 3. The number of nitrogens with one attached hydrogen (secondary N) is 1. The van der Waals surface area contributed by atoms with Gasteiger partial charge in [-0.1, -0.05) is 17.7 Å². The predicted octanol–water partition coefficient (Wildman–Crippen LogP) is 5.45. The Hall–Kier alpha value is -3.58. The maximum atomic E-state index is 14.3. The fourth-order valence-corrected chi connectivity index (χ4v) is 3.83. The number of aryl methyl sites for hydroxylation is 1. The molecule has 0 unspecified atom stereocenters. The number of pyridine rings is 3. The van der Waals surface area contributed by atoms with Gasteiger partial charge in [-0.25, -0.2) is 9.37 Å². The maximum absolute atomic E-state index is 14.3. The molecule has 0 saturated heterocycles. The second-order valence-corrected chi connectivity index (χ2v) is 8.38. The van der Waals surface area contributed by atoms with Crippen LogP contribution in [0.25, 0.3) is 22.0 Å². The molecule has 0 aliphatic heterocycles. The van der Waals surface area contributed by atoms with Crippen molar-refractivity contribution in [3.63, 3.8) is 0 Å². The molecule has 6 nitrogen and oxygen atoms in total. The third kappa shape index (κ3) is 3.65. The first-order chi connectivity index (χ1) is 15.3. The lowest BCUT2D eigenvalue weighted by Crippen LogP contribution is -2.13. The number of carbonyl (C=O) groups is 1. The zero-order chi connectivity index (χ0) is 22.5. The number of rotatable bonds is 4. The van der Waals surface area contributed by atoms with Gasteiger partial charge in [-0.05, 0) is 61.2 Å². The van der Waals surface area contributed by atoms with Gasteiger partial charge in [-0.2, -0.15) is 0 Å². The second kappa shape index (κ2) is 7.53. The monoisotopic (exact) mass is 447 g/mol. The van der Waals surface area contributed by atoms with E-state index in [0.29, 0.717) is 40.3 Å². The normalized spacial score (nSPS) is 14.3. The number of fused-ring (bicyclic) bond motifs is 1. The summed E-state index contributed by atoms with van der Waals surface area (Å²) in [7, 11) is 0. The number of hydrogen-bond acceptors (Lipinski definition) is 5. The summed E-state index contributed by atoms with van der Waals surface area (Å²) in [6.45, 7) is 1.98. The van der Waals surface area contributed by atoms with Crippen molar-refractivity contribution >= 4 is 39.9 Å². The molecule has 0 radical (unpaired) electrons. The van der Waals surface area contributed by atoms with E-state index in [1.165, 1.54) is 12.3 Å². The summed E-state index contributed by atoms with van der Waals surface area (Å²) in [6, 6.07) is 10.6. The van der Waals surface area contributed by atoms with Gasteiger partial charge in [-0.3, -0.25) is 14.8 Å². The number of nitrogens with two attached hydrogens (primary N) is 1. The van der Waals surface area contributed by atoms with Gasteiger partial charge in [0.2, 0.25) is 0 Å². The first-order valence-electron chi connectivity index (χ1n) is 10.1. The van der Waals surface area contributed by atoms with Crippen molar-refractivity contribution < 1.29 is 9.18 Å². The lowest BCUT2D eigenvalue weighted by Gasteiger charge is -2.12. The third-order valence-electron chi connectivity index (χ3n) is 5.67. The molecule has 1 fully saturated rings. The van der Waals surface area contributed by atoms with Gasteiger partial charge in [0.05, 0.1) is 11.2 Å². The second-order valence-electron chi connectivity index (χ2n) is 8.00. The van der Waals surface area contributed by atoms with Crippen LogP contribution in [0, 0.1) is 6.92 Å². The Balaban J connectivity index is 1.45. The summed E-state index contributed by atoms with van der Waals surface area (Å²) < 4.78 is 14.3. The smallest absolute Gasteiger partial charge is 0.255 e. The first-order valence-corrected chi connectivity index (χ1v) is 10.5. The molecule has 3 aromatic heterocycles. The number of benzene rings is 1. The van der Waals surface area contributed by atoms with E-state index >= 15 is 0 Å². The van der Waals surface area contributed by atoms with Crippen molar-refractivity contribution in [2.24, 2.45) is 0 Å². The maximum Gasteiger partial charge on any atom is 0.255 e. The summed E-state index contributed by atoms with van der Waals surface area (Å²) in [5, 5.41) is 3.98. The molecule has 1 aliphatic rings. The van der Waals surface area contributed by atoms with Gasteiger partial charge >= 0.3 is 0 Å². The van der Waals surface area contributed by atoms with Crippen molar-refractivity contribution in [1.82, 2.24) is 15.0 Å². The lowest BCUT2D eigenvalue weighted by molar-refractivity contribution is 0.102. The Morgan fingerprint density at radius 3 is 2.72 bits per heavy atom. The minimum absolute atomic E-state index is 0.236. The average Bonchev–Trinajstić information content (AvgIpc) is 3.56. The van der Waals surface area contributed by atoms with E-state index in [-0.39, 0.29) is 11.7 Å². The van der Waals surface area contributed by atoms with E-state index in [2.05, 4.69) is 20.3 Å². The highest BCUT2D eigenvalue weighted by Gasteiger charge is 2.46. The third-order valence-corrected chi connectivity index (χ3v) is 6.04. The number of halogens is 2.